The maximum absolute atomic E-state index is 11.7. The van der Waals surface area contributed by atoms with Gasteiger partial charge in [-0.25, -0.2) is 0 Å². The Balaban J connectivity index is 2.44. The first-order valence-electron chi connectivity index (χ1n) is 4.89. The van der Waals surface area contributed by atoms with Crippen LogP contribution in [0.4, 0.5) is 5.69 Å². The van der Waals surface area contributed by atoms with Gasteiger partial charge in [-0.1, -0.05) is 23.4 Å². The van der Waals surface area contributed by atoms with E-state index in [0.29, 0.717) is 17.0 Å². The highest BCUT2D eigenvalue weighted by Crippen LogP contribution is 2.38. The average Bonchev–Trinajstić information content (AvgIpc) is 2.52. The summed E-state index contributed by atoms with van der Waals surface area (Å²) >= 11 is 0. The maximum Gasteiger partial charge on any atom is 0.261 e. The number of nitrogens with zero attached hydrogens (tertiary/aromatic N) is 1. The molecule has 1 aromatic carbocycles. The number of hydrogen-bond donors (Lipinski definition) is 3. The zero-order chi connectivity index (χ0) is 11.8. The van der Waals surface area contributed by atoms with E-state index in [0.717, 1.165) is 0 Å². The molecule has 1 aliphatic rings. The van der Waals surface area contributed by atoms with E-state index in [9.17, 15) is 9.90 Å². The van der Waals surface area contributed by atoms with Gasteiger partial charge in [0.1, 0.15) is 0 Å². The van der Waals surface area contributed by atoms with Crippen molar-refractivity contribution in [2.24, 2.45) is 5.16 Å². The standard InChI is InChI=1S/C11H12N2O3/c1-7(13-16)6-11(15)8-4-2-3-5-9(8)12-10(11)14/h2-5,15-16H,6H2,1H3,(H,12,14)/b13-7-/t11-/m0/s1. The predicted octanol–water partition coefficient (Wildman–Crippen LogP) is 1.07. The molecule has 2 rings (SSSR count). The lowest BCUT2D eigenvalue weighted by Crippen LogP contribution is -2.36. The van der Waals surface area contributed by atoms with Crippen LogP contribution >= 0.6 is 0 Å². The summed E-state index contributed by atoms with van der Waals surface area (Å²) in [6.07, 6.45) is -0.0215. The van der Waals surface area contributed by atoms with E-state index >= 15 is 0 Å². The van der Waals surface area contributed by atoms with Gasteiger partial charge < -0.3 is 15.6 Å². The van der Waals surface area contributed by atoms with Crippen molar-refractivity contribution in [3.05, 3.63) is 29.8 Å². The highest BCUT2D eigenvalue weighted by Gasteiger charge is 2.45. The molecule has 0 unspecified atom stereocenters. The number of benzene rings is 1. The summed E-state index contributed by atoms with van der Waals surface area (Å²) in [6, 6.07) is 6.92. The van der Waals surface area contributed by atoms with Crippen LogP contribution in [0.25, 0.3) is 0 Å². The Hall–Kier alpha value is -1.88. The second-order valence-corrected chi connectivity index (χ2v) is 3.87. The third-order valence-corrected chi connectivity index (χ3v) is 2.68. The third-order valence-electron chi connectivity index (χ3n) is 2.68. The van der Waals surface area contributed by atoms with E-state index in [4.69, 9.17) is 5.21 Å². The fourth-order valence-electron chi connectivity index (χ4n) is 1.88. The Bertz CT molecular complexity index is 470. The minimum atomic E-state index is -1.63. The molecule has 5 nitrogen and oxygen atoms in total. The molecular weight excluding hydrogens is 208 g/mol. The van der Waals surface area contributed by atoms with Crippen LogP contribution in [0.15, 0.2) is 29.4 Å². The van der Waals surface area contributed by atoms with Gasteiger partial charge >= 0.3 is 0 Å². The summed E-state index contributed by atoms with van der Waals surface area (Å²) in [5, 5.41) is 24.5. The van der Waals surface area contributed by atoms with Crippen molar-refractivity contribution in [1.82, 2.24) is 0 Å². The lowest BCUT2D eigenvalue weighted by Gasteiger charge is -2.19. The van der Waals surface area contributed by atoms with E-state index in [-0.39, 0.29) is 6.42 Å². The van der Waals surface area contributed by atoms with Crippen LogP contribution in [0.2, 0.25) is 0 Å². The van der Waals surface area contributed by atoms with Crippen molar-refractivity contribution in [3.63, 3.8) is 0 Å². The van der Waals surface area contributed by atoms with Crippen molar-refractivity contribution in [2.75, 3.05) is 5.32 Å². The minimum absolute atomic E-state index is 0.0215. The predicted molar refractivity (Wildman–Crippen MR) is 58.5 cm³/mol. The number of hydrogen-bond acceptors (Lipinski definition) is 4. The Morgan fingerprint density at radius 3 is 2.88 bits per heavy atom. The van der Waals surface area contributed by atoms with Crippen molar-refractivity contribution in [3.8, 4) is 0 Å². The number of oxime groups is 1. The number of anilines is 1. The summed E-state index contributed by atoms with van der Waals surface area (Å²) in [7, 11) is 0. The quantitative estimate of drug-likeness (QED) is 0.396. The number of aliphatic hydroxyl groups is 1. The van der Waals surface area contributed by atoms with Crippen LogP contribution in [0, 0.1) is 0 Å². The van der Waals surface area contributed by atoms with Crippen LogP contribution < -0.4 is 5.32 Å². The summed E-state index contributed by atoms with van der Waals surface area (Å²) in [5.41, 5.74) is -0.217. The molecule has 0 fully saturated rings. The second-order valence-electron chi connectivity index (χ2n) is 3.87. The molecule has 84 valence electrons. The van der Waals surface area contributed by atoms with Gasteiger partial charge in [-0.3, -0.25) is 4.79 Å². The fourth-order valence-corrected chi connectivity index (χ4v) is 1.88. The molecule has 1 atom stereocenters. The van der Waals surface area contributed by atoms with Crippen LogP contribution in [0.3, 0.4) is 0 Å². The van der Waals surface area contributed by atoms with Crippen LogP contribution in [-0.4, -0.2) is 21.9 Å². The maximum atomic E-state index is 11.7. The molecule has 3 N–H and O–H groups in total. The Morgan fingerprint density at radius 1 is 1.50 bits per heavy atom. The molecule has 1 heterocycles. The minimum Gasteiger partial charge on any atom is -0.411 e. The normalized spacial score (nSPS) is 24.1. The third kappa shape index (κ3) is 1.45. The van der Waals surface area contributed by atoms with E-state index in [1.165, 1.54) is 0 Å². The lowest BCUT2D eigenvalue weighted by molar-refractivity contribution is -0.132. The molecule has 1 aromatic rings. The monoisotopic (exact) mass is 220 g/mol. The summed E-state index contributed by atoms with van der Waals surface area (Å²) < 4.78 is 0. The van der Waals surface area contributed by atoms with Gasteiger partial charge in [0.05, 0.1) is 5.71 Å². The summed E-state index contributed by atoms with van der Waals surface area (Å²) in [4.78, 5) is 11.7. The SMILES string of the molecule is C/C(C[C@@]1(O)C(=O)Nc2ccccc21)=N/O. The van der Waals surface area contributed by atoms with Crippen LogP contribution in [0.1, 0.15) is 18.9 Å². The molecule has 0 aliphatic carbocycles. The number of para-hydroxylation sites is 1. The number of fused-ring (bicyclic) bond motifs is 1. The molecule has 0 radical (unpaired) electrons. The molecule has 0 saturated heterocycles. The van der Waals surface area contributed by atoms with Gasteiger partial charge in [0.2, 0.25) is 0 Å². The fraction of sp³-hybridized carbons (Fsp3) is 0.273. The van der Waals surface area contributed by atoms with Crippen molar-refractivity contribution < 1.29 is 15.1 Å². The van der Waals surface area contributed by atoms with Crippen LogP contribution in [-0.2, 0) is 10.4 Å². The van der Waals surface area contributed by atoms with E-state index in [2.05, 4.69) is 10.5 Å². The Kier molecular flexibility index (Phi) is 2.40. The molecular formula is C11H12N2O3. The number of rotatable bonds is 2. The average molecular weight is 220 g/mol. The first-order valence-corrected chi connectivity index (χ1v) is 4.89. The van der Waals surface area contributed by atoms with Crippen molar-refractivity contribution >= 4 is 17.3 Å². The Labute approximate surface area is 92.4 Å². The van der Waals surface area contributed by atoms with E-state index < -0.39 is 11.5 Å². The van der Waals surface area contributed by atoms with Gasteiger partial charge in [-0.05, 0) is 13.0 Å². The second kappa shape index (κ2) is 3.61. The molecule has 0 saturated carbocycles. The van der Waals surface area contributed by atoms with Gasteiger partial charge in [0, 0.05) is 17.7 Å². The lowest BCUT2D eigenvalue weighted by atomic mass is 9.90. The molecule has 16 heavy (non-hydrogen) atoms. The number of amides is 1. The van der Waals surface area contributed by atoms with Crippen molar-refractivity contribution in [2.45, 2.75) is 18.9 Å². The highest BCUT2D eigenvalue weighted by atomic mass is 16.4. The molecule has 5 heteroatoms. The smallest absolute Gasteiger partial charge is 0.261 e. The first kappa shape index (κ1) is 10.6. The molecule has 1 amide bonds. The zero-order valence-electron chi connectivity index (χ0n) is 8.77. The van der Waals surface area contributed by atoms with Gasteiger partial charge in [-0.2, -0.15) is 0 Å². The summed E-state index contributed by atoms with van der Waals surface area (Å²) in [5.74, 6) is -0.489. The molecule has 0 spiro atoms. The largest absolute Gasteiger partial charge is 0.411 e. The van der Waals surface area contributed by atoms with E-state index in [1.807, 2.05) is 0 Å². The van der Waals surface area contributed by atoms with Gasteiger partial charge in [0.25, 0.3) is 5.91 Å². The summed E-state index contributed by atoms with van der Waals surface area (Å²) in [6.45, 7) is 1.55. The topological polar surface area (TPSA) is 81.9 Å². The van der Waals surface area contributed by atoms with E-state index in [1.54, 1.807) is 31.2 Å². The van der Waals surface area contributed by atoms with Gasteiger partial charge in [0.15, 0.2) is 5.60 Å². The molecule has 0 bridgehead atoms. The first-order chi connectivity index (χ1) is 7.58. The highest BCUT2D eigenvalue weighted by molar-refractivity contribution is 6.07. The van der Waals surface area contributed by atoms with Gasteiger partial charge in [-0.15, -0.1) is 0 Å². The molecule has 1 aliphatic heterocycles. The number of carbonyl (C=O) groups is 1. The zero-order valence-corrected chi connectivity index (χ0v) is 8.77. The van der Waals surface area contributed by atoms with Crippen LogP contribution in [0.5, 0.6) is 0 Å². The number of nitrogens with one attached hydrogen (secondary N) is 1. The number of carbonyl (C=O) groups excluding carboxylic acids is 1. The molecule has 0 aromatic heterocycles. The Morgan fingerprint density at radius 2 is 2.19 bits per heavy atom. The van der Waals surface area contributed by atoms with Crippen molar-refractivity contribution in [1.29, 1.82) is 0 Å².